The van der Waals surface area contributed by atoms with Crippen LogP contribution in [0.25, 0.3) is 0 Å². The van der Waals surface area contributed by atoms with Crippen LogP contribution in [-0.2, 0) is 12.8 Å². The lowest BCUT2D eigenvalue weighted by molar-refractivity contribution is 0.475. The molecule has 0 radical (unpaired) electrons. The van der Waals surface area contributed by atoms with Crippen molar-refractivity contribution >= 4 is 5.69 Å². The summed E-state index contributed by atoms with van der Waals surface area (Å²) in [5.41, 5.74) is 9.10. The summed E-state index contributed by atoms with van der Waals surface area (Å²) in [5.74, 6) is 0.334. The molecule has 0 aromatic heterocycles. The van der Waals surface area contributed by atoms with Gasteiger partial charge in [0, 0.05) is 5.69 Å². The Labute approximate surface area is 108 Å². The molecule has 0 amide bonds. The van der Waals surface area contributed by atoms with Crippen molar-refractivity contribution in [2.75, 3.05) is 5.73 Å². The van der Waals surface area contributed by atoms with Crippen LogP contribution in [0.5, 0.6) is 5.75 Å². The molecule has 0 heterocycles. The number of phenolic OH excluding ortho intramolecular Hbond substituents is 1. The molecule has 0 fully saturated rings. The molecule has 0 saturated heterocycles. The van der Waals surface area contributed by atoms with Gasteiger partial charge < -0.3 is 10.8 Å². The van der Waals surface area contributed by atoms with Crippen LogP contribution < -0.4 is 5.73 Å². The molecule has 2 aromatic carbocycles. The maximum atomic E-state index is 9.19. The Bertz CT molecular complexity index is 426. The minimum absolute atomic E-state index is 0.334. The Morgan fingerprint density at radius 2 is 1.17 bits per heavy atom. The zero-order valence-corrected chi connectivity index (χ0v) is 10.5. The predicted molar refractivity (Wildman–Crippen MR) is 75.6 cm³/mol. The molecule has 0 unspecified atom stereocenters. The second kappa shape index (κ2) is 6.10. The number of unbranched alkanes of at least 4 members (excludes halogenated alkanes) is 1. The van der Waals surface area contributed by atoms with Crippen LogP contribution in [-0.4, -0.2) is 5.11 Å². The van der Waals surface area contributed by atoms with Crippen molar-refractivity contribution in [3.63, 3.8) is 0 Å². The van der Waals surface area contributed by atoms with Crippen molar-refractivity contribution in [2.45, 2.75) is 25.7 Å². The predicted octanol–water partition coefficient (Wildman–Crippen LogP) is 3.54. The third-order valence-corrected chi connectivity index (χ3v) is 3.10. The van der Waals surface area contributed by atoms with Gasteiger partial charge in [0.25, 0.3) is 0 Å². The SMILES string of the molecule is Nc1ccc(CCCCc2ccc(O)cc2)cc1. The summed E-state index contributed by atoms with van der Waals surface area (Å²) in [6.45, 7) is 0. The van der Waals surface area contributed by atoms with E-state index in [1.165, 1.54) is 17.5 Å². The minimum Gasteiger partial charge on any atom is -0.508 e. The zero-order chi connectivity index (χ0) is 12.8. The largest absolute Gasteiger partial charge is 0.508 e. The van der Waals surface area contributed by atoms with Gasteiger partial charge in [0.05, 0.1) is 0 Å². The number of nitrogen functional groups attached to an aromatic ring is 1. The summed E-state index contributed by atoms with van der Waals surface area (Å²) in [4.78, 5) is 0. The first-order chi connectivity index (χ1) is 8.74. The molecule has 0 bridgehead atoms. The summed E-state index contributed by atoms with van der Waals surface area (Å²) < 4.78 is 0. The van der Waals surface area contributed by atoms with Gasteiger partial charge in [-0.1, -0.05) is 24.3 Å². The number of phenols is 1. The number of hydrogen-bond donors (Lipinski definition) is 2. The molecule has 0 saturated carbocycles. The molecular weight excluding hydrogens is 222 g/mol. The van der Waals surface area contributed by atoms with E-state index in [0.717, 1.165) is 24.9 Å². The smallest absolute Gasteiger partial charge is 0.115 e. The topological polar surface area (TPSA) is 46.2 Å². The van der Waals surface area contributed by atoms with E-state index in [1.807, 2.05) is 24.3 Å². The lowest BCUT2D eigenvalue weighted by Gasteiger charge is -2.03. The highest BCUT2D eigenvalue weighted by molar-refractivity contribution is 5.39. The monoisotopic (exact) mass is 241 g/mol. The maximum absolute atomic E-state index is 9.19. The molecule has 0 aliphatic carbocycles. The Balaban J connectivity index is 1.73. The van der Waals surface area contributed by atoms with Crippen LogP contribution in [0, 0.1) is 0 Å². The van der Waals surface area contributed by atoms with Crippen LogP contribution >= 0.6 is 0 Å². The second-order valence-electron chi connectivity index (χ2n) is 4.62. The molecule has 2 nitrogen and oxygen atoms in total. The van der Waals surface area contributed by atoms with E-state index in [0.29, 0.717) is 5.75 Å². The fourth-order valence-electron chi connectivity index (χ4n) is 2.01. The number of nitrogens with two attached hydrogens (primary N) is 1. The number of aromatic hydroxyl groups is 1. The molecule has 2 aromatic rings. The van der Waals surface area contributed by atoms with Crippen molar-refractivity contribution < 1.29 is 5.11 Å². The van der Waals surface area contributed by atoms with Gasteiger partial charge in [-0.05, 0) is 61.1 Å². The average molecular weight is 241 g/mol. The molecule has 0 spiro atoms. The molecule has 0 atom stereocenters. The summed E-state index contributed by atoms with van der Waals surface area (Å²) in [5, 5.41) is 9.19. The van der Waals surface area contributed by atoms with Gasteiger partial charge in [-0.15, -0.1) is 0 Å². The van der Waals surface area contributed by atoms with Gasteiger partial charge in [-0.25, -0.2) is 0 Å². The first-order valence-corrected chi connectivity index (χ1v) is 6.36. The lowest BCUT2D eigenvalue weighted by atomic mass is 10.0. The number of aryl methyl sites for hydroxylation is 2. The first kappa shape index (κ1) is 12.5. The van der Waals surface area contributed by atoms with Crippen molar-refractivity contribution in [1.29, 1.82) is 0 Å². The lowest BCUT2D eigenvalue weighted by Crippen LogP contribution is -1.90. The van der Waals surface area contributed by atoms with E-state index in [4.69, 9.17) is 5.73 Å². The van der Waals surface area contributed by atoms with Crippen LogP contribution in [0.4, 0.5) is 5.69 Å². The highest BCUT2D eigenvalue weighted by Crippen LogP contribution is 2.13. The zero-order valence-electron chi connectivity index (χ0n) is 10.5. The standard InChI is InChI=1S/C16H19NO/c17-15-9-5-13(6-10-15)3-1-2-4-14-7-11-16(18)12-8-14/h5-12,18H,1-4,17H2. The van der Waals surface area contributed by atoms with E-state index in [9.17, 15) is 5.11 Å². The van der Waals surface area contributed by atoms with Crippen LogP contribution in [0.2, 0.25) is 0 Å². The van der Waals surface area contributed by atoms with Crippen molar-refractivity contribution in [1.82, 2.24) is 0 Å². The number of benzene rings is 2. The van der Waals surface area contributed by atoms with E-state index < -0.39 is 0 Å². The average Bonchev–Trinajstić information content (AvgIpc) is 2.39. The fraction of sp³-hybridized carbons (Fsp3) is 0.250. The number of rotatable bonds is 5. The third-order valence-electron chi connectivity index (χ3n) is 3.10. The van der Waals surface area contributed by atoms with E-state index in [2.05, 4.69) is 12.1 Å². The first-order valence-electron chi connectivity index (χ1n) is 6.36. The third kappa shape index (κ3) is 3.81. The fourth-order valence-corrected chi connectivity index (χ4v) is 2.01. The number of anilines is 1. The Kier molecular flexibility index (Phi) is 4.24. The Morgan fingerprint density at radius 3 is 1.67 bits per heavy atom. The minimum atomic E-state index is 0.334. The van der Waals surface area contributed by atoms with Gasteiger partial charge in [0.2, 0.25) is 0 Å². The quantitative estimate of drug-likeness (QED) is 0.621. The van der Waals surface area contributed by atoms with Crippen molar-refractivity contribution in [2.24, 2.45) is 0 Å². The number of hydrogen-bond acceptors (Lipinski definition) is 2. The molecule has 18 heavy (non-hydrogen) atoms. The Morgan fingerprint density at radius 1 is 0.722 bits per heavy atom. The van der Waals surface area contributed by atoms with Crippen LogP contribution in [0.1, 0.15) is 24.0 Å². The summed E-state index contributed by atoms with van der Waals surface area (Å²) >= 11 is 0. The van der Waals surface area contributed by atoms with Crippen LogP contribution in [0.3, 0.4) is 0 Å². The summed E-state index contributed by atoms with van der Waals surface area (Å²) in [6, 6.07) is 15.6. The van der Waals surface area contributed by atoms with E-state index in [-0.39, 0.29) is 0 Å². The van der Waals surface area contributed by atoms with Crippen LogP contribution in [0.15, 0.2) is 48.5 Å². The summed E-state index contributed by atoms with van der Waals surface area (Å²) in [7, 11) is 0. The second-order valence-corrected chi connectivity index (χ2v) is 4.62. The van der Waals surface area contributed by atoms with Gasteiger partial charge in [0.15, 0.2) is 0 Å². The highest BCUT2D eigenvalue weighted by atomic mass is 16.3. The Hall–Kier alpha value is -1.96. The van der Waals surface area contributed by atoms with Crippen molar-refractivity contribution in [3.05, 3.63) is 59.7 Å². The molecule has 94 valence electrons. The summed E-state index contributed by atoms with van der Waals surface area (Å²) in [6.07, 6.45) is 4.49. The van der Waals surface area contributed by atoms with Crippen molar-refractivity contribution in [3.8, 4) is 5.75 Å². The highest BCUT2D eigenvalue weighted by Gasteiger charge is 1.96. The van der Waals surface area contributed by atoms with E-state index >= 15 is 0 Å². The molecule has 2 rings (SSSR count). The molecule has 2 heteroatoms. The molecule has 0 aliphatic heterocycles. The van der Waals surface area contributed by atoms with Gasteiger partial charge in [-0.3, -0.25) is 0 Å². The maximum Gasteiger partial charge on any atom is 0.115 e. The van der Waals surface area contributed by atoms with Gasteiger partial charge >= 0.3 is 0 Å². The van der Waals surface area contributed by atoms with Gasteiger partial charge in [-0.2, -0.15) is 0 Å². The normalized spacial score (nSPS) is 10.4. The molecular formula is C16H19NO. The molecule has 0 aliphatic rings. The van der Waals surface area contributed by atoms with E-state index in [1.54, 1.807) is 12.1 Å². The molecule has 3 N–H and O–H groups in total. The van der Waals surface area contributed by atoms with Gasteiger partial charge in [0.1, 0.15) is 5.75 Å².